The summed E-state index contributed by atoms with van der Waals surface area (Å²) >= 11 is 0. The van der Waals surface area contributed by atoms with Crippen molar-refractivity contribution in [1.29, 1.82) is 0 Å². The van der Waals surface area contributed by atoms with Gasteiger partial charge in [-0.1, -0.05) is 6.92 Å². The van der Waals surface area contributed by atoms with Gasteiger partial charge in [0.2, 0.25) is 5.91 Å². The quantitative estimate of drug-likeness (QED) is 0.745. The first-order valence-electron chi connectivity index (χ1n) is 6.32. The van der Waals surface area contributed by atoms with Crippen LogP contribution in [0.15, 0.2) is 0 Å². The maximum absolute atomic E-state index is 12.2. The Labute approximate surface area is 101 Å². The second-order valence-corrected chi connectivity index (χ2v) is 5.23. The molecule has 0 aliphatic carbocycles. The molecule has 2 heterocycles. The first-order valence-corrected chi connectivity index (χ1v) is 6.32. The fourth-order valence-electron chi connectivity index (χ4n) is 2.81. The largest absolute Gasteiger partial charge is 0.481 e. The van der Waals surface area contributed by atoms with E-state index in [1.807, 2.05) is 4.90 Å². The Bertz CT molecular complexity index is 319. The van der Waals surface area contributed by atoms with Gasteiger partial charge in [0.05, 0.1) is 6.04 Å². The lowest BCUT2D eigenvalue weighted by Crippen LogP contribution is -2.45. The third-order valence-electron chi connectivity index (χ3n) is 3.86. The van der Waals surface area contributed by atoms with Gasteiger partial charge >= 0.3 is 5.97 Å². The molecule has 0 aromatic rings. The van der Waals surface area contributed by atoms with Gasteiger partial charge in [0.1, 0.15) is 0 Å². The summed E-state index contributed by atoms with van der Waals surface area (Å²) in [4.78, 5) is 24.7. The molecule has 2 aliphatic heterocycles. The average molecular weight is 240 g/mol. The van der Waals surface area contributed by atoms with Crippen molar-refractivity contribution >= 4 is 11.9 Å². The summed E-state index contributed by atoms with van der Waals surface area (Å²) in [7, 11) is 0. The van der Waals surface area contributed by atoms with Crippen molar-refractivity contribution < 1.29 is 14.7 Å². The zero-order valence-electron chi connectivity index (χ0n) is 10.2. The van der Waals surface area contributed by atoms with E-state index in [1.54, 1.807) is 0 Å². The summed E-state index contributed by atoms with van der Waals surface area (Å²) in [5.74, 6) is -0.0891. The van der Waals surface area contributed by atoms with Crippen molar-refractivity contribution in [1.82, 2.24) is 10.2 Å². The van der Waals surface area contributed by atoms with Crippen molar-refractivity contribution in [3.63, 3.8) is 0 Å². The molecule has 17 heavy (non-hydrogen) atoms. The smallest absolute Gasteiger partial charge is 0.303 e. The fraction of sp³-hybridized carbons (Fsp3) is 0.833. The third-order valence-corrected chi connectivity index (χ3v) is 3.86. The molecule has 2 saturated heterocycles. The zero-order valence-corrected chi connectivity index (χ0v) is 10.2. The number of hydrogen-bond donors (Lipinski definition) is 2. The van der Waals surface area contributed by atoms with E-state index < -0.39 is 5.97 Å². The van der Waals surface area contributed by atoms with Gasteiger partial charge in [-0.05, 0) is 31.2 Å². The van der Waals surface area contributed by atoms with E-state index in [4.69, 9.17) is 5.11 Å². The van der Waals surface area contributed by atoms with E-state index in [0.717, 1.165) is 19.4 Å². The van der Waals surface area contributed by atoms with Crippen LogP contribution in [0.2, 0.25) is 0 Å². The van der Waals surface area contributed by atoms with Gasteiger partial charge in [-0.15, -0.1) is 0 Å². The van der Waals surface area contributed by atoms with Crippen LogP contribution in [0, 0.1) is 11.8 Å². The molecular weight excluding hydrogens is 220 g/mol. The first kappa shape index (κ1) is 12.4. The Kier molecular flexibility index (Phi) is 3.66. The molecule has 3 unspecified atom stereocenters. The molecule has 2 N–H and O–H groups in total. The lowest BCUT2D eigenvalue weighted by molar-refractivity contribution is -0.138. The van der Waals surface area contributed by atoms with E-state index in [9.17, 15) is 9.59 Å². The molecule has 0 bridgehead atoms. The number of rotatable bonds is 3. The molecular formula is C12H20N2O3. The molecule has 2 aliphatic rings. The number of likely N-dealkylation sites (tertiary alicyclic amines) is 1. The molecule has 0 aromatic heterocycles. The molecule has 1 amide bonds. The SMILES string of the molecule is CC1CCNC1C(=O)N1CCC(CC(=O)O)C1. The number of carboxylic acids is 1. The van der Waals surface area contributed by atoms with E-state index in [1.165, 1.54) is 0 Å². The Morgan fingerprint density at radius 1 is 1.41 bits per heavy atom. The third kappa shape index (κ3) is 2.77. The molecule has 0 spiro atoms. The Morgan fingerprint density at radius 3 is 2.76 bits per heavy atom. The number of aliphatic carboxylic acids is 1. The lowest BCUT2D eigenvalue weighted by Gasteiger charge is -2.23. The van der Waals surface area contributed by atoms with Crippen LogP contribution in [0.25, 0.3) is 0 Å². The van der Waals surface area contributed by atoms with Gasteiger partial charge in [0.15, 0.2) is 0 Å². The highest BCUT2D eigenvalue weighted by Crippen LogP contribution is 2.23. The second kappa shape index (κ2) is 5.04. The van der Waals surface area contributed by atoms with Crippen LogP contribution in [0.5, 0.6) is 0 Å². The van der Waals surface area contributed by atoms with Crippen molar-refractivity contribution in [2.75, 3.05) is 19.6 Å². The van der Waals surface area contributed by atoms with Crippen LogP contribution in [-0.2, 0) is 9.59 Å². The summed E-state index contributed by atoms with van der Waals surface area (Å²) in [6.45, 7) is 4.31. The number of amides is 1. The highest BCUT2D eigenvalue weighted by Gasteiger charge is 2.36. The van der Waals surface area contributed by atoms with Gasteiger partial charge in [0.25, 0.3) is 0 Å². The minimum atomic E-state index is -0.767. The number of carbonyl (C=O) groups excluding carboxylic acids is 1. The maximum atomic E-state index is 12.2. The molecule has 0 aromatic carbocycles. The van der Waals surface area contributed by atoms with Crippen molar-refractivity contribution in [3.05, 3.63) is 0 Å². The highest BCUT2D eigenvalue weighted by atomic mass is 16.4. The number of nitrogens with zero attached hydrogens (tertiary/aromatic N) is 1. The molecule has 0 saturated carbocycles. The summed E-state index contributed by atoms with van der Waals surface area (Å²) in [6.07, 6.45) is 2.04. The van der Waals surface area contributed by atoms with Crippen LogP contribution >= 0.6 is 0 Å². The molecule has 96 valence electrons. The van der Waals surface area contributed by atoms with Crippen LogP contribution in [-0.4, -0.2) is 47.6 Å². The zero-order chi connectivity index (χ0) is 12.4. The summed E-state index contributed by atoms with van der Waals surface area (Å²) < 4.78 is 0. The van der Waals surface area contributed by atoms with Crippen molar-refractivity contribution in [2.45, 2.75) is 32.2 Å². The van der Waals surface area contributed by atoms with Gasteiger partial charge in [-0.2, -0.15) is 0 Å². The Hall–Kier alpha value is -1.10. The van der Waals surface area contributed by atoms with E-state index in [0.29, 0.717) is 19.0 Å². The molecule has 5 nitrogen and oxygen atoms in total. The van der Waals surface area contributed by atoms with Gasteiger partial charge in [0, 0.05) is 19.5 Å². The summed E-state index contributed by atoms with van der Waals surface area (Å²) in [5.41, 5.74) is 0. The van der Waals surface area contributed by atoms with Crippen LogP contribution in [0.1, 0.15) is 26.2 Å². The number of hydrogen-bond acceptors (Lipinski definition) is 3. The van der Waals surface area contributed by atoms with E-state index in [2.05, 4.69) is 12.2 Å². The Balaban J connectivity index is 1.87. The normalized spacial score (nSPS) is 33.0. The molecule has 0 radical (unpaired) electrons. The van der Waals surface area contributed by atoms with Crippen LogP contribution in [0.4, 0.5) is 0 Å². The average Bonchev–Trinajstić information content (AvgIpc) is 2.85. The van der Waals surface area contributed by atoms with Gasteiger partial charge < -0.3 is 15.3 Å². The summed E-state index contributed by atoms with van der Waals surface area (Å²) in [5, 5.41) is 12.0. The number of nitrogens with one attached hydrogen (secondary N) is 1. The van der Waals surface area contributed by atoms with E-state index in [-0.39, 0.29) is 24.3 Å². The topological polar surface area (TPSA) is 69.6 Å². The van der Waals surface area contributed by atoms with Crippen LogP contribution < -0.4 is 5.32 Å². The predicted molar refractivity (Wildman–Crippen MR) is 62.5 cm³/mol. The highest BCUT2D eigenvalue weighted by molar-refractivity contribution is 5.83. The number of carbonyl (C=O) groups is 2. The second-order valence-electron chi connectivity index (χ2n) is 5.23. The Morgan fingerprint density at radius 2 is 2.18 bits per heavy atom. The maximum Gasteiger partial charge on any atom is 0.303 e. The van der Waals surface area contributed by atoms with Crippen LogP contribution in [0.3, 0.4) is 0 Å². The fourth-order valence-corrected chi connectivity index (χ4v) is 2.81. The van der Waals surface area contributed by atoms with Crippen molar-refractivity contribution in [3.8, 4) is 0 Å². The van der Waals surface area contributed by atoms with E-state index >= 15 is 0 Å². The molecule has 5 heteroatoms. The molecule has 2 fully saturated rings. The molecule has 3 atom stereocenters. The molecule has 2 rings (SSSR count). The predicted octanol–water partition coefficient (Wildman–Crippen LogP) is 0.308. The van der Waals surface area contributed by atoms with Gasteiger partial charge in [-0.3, -0.25) is 9.59 Å². The number of carboxylic acid groups (broad SMARTS) is 1. The monoisotopic (exact) mass is 240 g/mol. The minimum Gasteiger partial charge on any atom is -0.481 e. The minimum absolute atomic E-state index is 0.0569. The van der Waals surface area contributed by atoms with Crippen molar-refractivity contribution in [2.24, 2.45) is 11.8 Å². The lowest BCUT2D eigenvalue weighted by atomic mass is 10.0. The summed E-state index contributed by atoms with van der Waals surface area (Å²) in [6, 6.07) is -0.0569. The van der Waals surface area contributed by atoms with Gasteiger partial charge in [-0.25, -0.2) is 0 Å². The first-order chi connectivity index (χ1) is 8.08. The standard InChI is InChI=1S/C12H20N2O3/c1-8-2-4-13-11(8)12(17)14-5-3-9(7-14)6-10(15)16/h8-9,11,13H,2-7H2,1H3,(H,15,16).